The van der Waals surface area contributed by atoms with Gasteiger partial charge in [0.25, 0.3) is 0 Å². The highest BCUT2D eigenvalue weighted by Crippen LogP contribution is 2.27. The Balaban J connectivity index is 2.88. The number of nitrogens with two attached hydrogens (primary N) is 1. The van der Waals surface area contributed by atoms with Gasteiger partial charge in [0.1, 0.15) is 11.3 Å². The average molecular weight is 190 g/mol. The van der Waals surface area contributed by atoms with Gasteiger partial charge in [-0.1, -0.05) is 12.1 Å². The second-order valence-corrected chi connectivity index (χ2v) is 3.02. The molecule has 72 valence electrons. The molecule has 0 amide bonds. The van der Waals surface area contributed by atoms with E-state index in [1.165, 1.54) is 6.20 Å². The van der Waals surface area contributed by atoms with Crippen molar-refractivity contribution in [3.63, 3.8) is 0 Å². The molecule has 0 aliphatic heterocycles. The summed E-state index contributed by atoms with van der Waals surface area (Å²) in [5, 5.41) is 19.3. The summed E-state index contributed by atoms with van der Waals surface area (Å²) in [5.41, 5.74) is 7.15. The quantitative estimate of drug-likeness (QED) is 0.627. The molecule has 0 unspecified atom stereocenters. The largest absolute Gasteiger partial charge is 0.506 e. The smallest absolute Gasteiger partial charge is 0.141 e. The SMILES string of the molecule is Nc1cnc2c(O)cccc2c1CO. The van der Waals surface area contributed by atoms with Gasteiger partial charge in [0.2, 0.25) is 0 Å². The van der Waals surface area contributed by atoms with Crippen LogP contribution < -0.4 is 5.73 Å². The summed E-state index contributed by atoms with van der Waals surface area (Å²) in [6.07, 6.45) is 1.44. The van der Waals surface area contributed by atoms with Gasteiger partial charge in [0.15, 0.2) is 0 Å². The minimum atomic E-state index is -0.158. The van der Waals surface area contributed by atoms with Crippen LogP contribution in [-0.4, -0.2) is 15.2 Å². The van der Waals surface area contributed by atoms with Crippen LogP contribution in [0.3, 0.4) is 0 Å². The molecule has 14 heavy (non-hydrogen) atoms. The Morgan fingerprint density at radius 1 is 1.36 bits per heavy atom. The zero-order chi connectivity index (χ0) is 10.1. The van der Waals surface area contributed by atoms with E-state index in [1.54, 1.807) is 18.2 Å². The number of aliphatic hydroxyl groups is 1. The van der Waals surface area contributed by atoms with Crippen molar-refractivity contribution in [1.82, 2.24) is 4.98 Å². The van der Waals surface area contributed by atoms with Crippen LogP contribution >= 0.6 is 0 Å². The maximum atomic E-state index is 9.50. The molecule has 0 aliphatic rings. The Morgan fingerprint density at radius 3 is 2.86 bits per heavy atom. The van der Waals surface area contributed by atoms with Crippen molar-refractivity contribution in [3.05, 3.63) is 30.0 Å². The molecule has 2 rings (SSSR count). The zero-order valence-electron chi connectivity index (χ0n) is 7.44. The van der Waals surface area contributed by atoms with Gasteiger partial charge in [-0.05, 0) is 6.07 Å². The number of pyridine rings is 1. The van der Waals surface area contributed by atoms with Crippen molar-refractivity contribution in [2.24, 2.45) is 0 Å². The zero-order valence-corrected chi connectivity index (χ0v) is 7.44. The van der Waals surface area contributed by atoms with Crippen molar-refractivity contribution in [2.45, 2.75) is 6.61 Å². The first-order chi connectivity index (χ1) is 6.74. The molecule has 1 aromatic carbocycles. The van der Waals surface area contributed by atoms with Gasteiger partial charge in [-0.2, -0.15) is 0 Å². The third-order valence-corrected chi connectivity index (χ3v) is 2.18. The Bertz CT molecular complexity index is 483. The average Bonchev–Trinajstić information content (AvgIpc) is 2.18. The van der Waals surface area contributed by atoms with Crippen LogP contribution in [0, 0.1) is 0 Å². The first-order valence-electron chi connectivity index (χ1n) is 4.20. The highest BCUT2D eigenvalue weighted by molar-refractivity contribution is 5.89. The number of rotatable bonds is 1. The lowest BCUT2D eigenvalue weighted by molar-refractivity contribution is 0.284. The number of aromatic nitrogens is 1. The number of nitrogens with zero attached hydrogens (tertiary/aromatic N) is 1. The third kappa shape index (κ3) is 1.16. The number of aromatic hydroxyl groups is 1. The van der Waals surface area contributed by atoms with Crippen molar-refractivity contribution >= 4 is 16.6 Å². The van der Waals surface area contributed by atoms with E-state index in [0.717, 1.165) is 0 Å². The molecule has 0 spiro atoms. The maximum absolute atomic E-state index is 9.50. The van der Waals surface area contributed by atoms with Gasteiger partial charge in [0, 0.05) is 10.9 Å². The monoisotopic (exact) mass is 190 g/mol. The lowest BCUT2D eigenvalue weighted by Gasteiger charge is -2.07. The highest BCUT2D eigenvalue weighted by Gasteiger charge is 2.07. The second kappa shape index (κ2) is 3.16. The molecule has 0 atom stereocenters. The standard InChI is InChI=1S/C10H10N2O2/c11-8-4-12-10-6(7(8)5-13)2-1-3-9(10)14/h1-4,13-14H,5,11H2. The van der Waals surface area contributed by atoms with E-state index in [-0.39, 0.29) is 12.4 Å². The molecule has 1 heterocycles. The van der Waals surface area contributed by atoms with E-state index in [0.29, 0.717) is 22.2 Å². The normalized spacial score (nSPS) is 10.6. The lowest BCUT2D eigenvalue weighted by Crippen LogP contribution is -1.97. The first-order valence-corrected chi connectivity index (χ1v) is 4.20. The molecule has 1 aromatic heterocycles. The van der Waals surface area contributed by atoms with Crippen molar-refractivity contribution in [1.29, 1.82) is 0 Å². The third-order valence-electron chi connectivity index (χ3n) is 2.18. The van der Waals surface area contributed by atoms with E-state index in [2.05, 4.69) is 4.98 Å². The van der Waals surface area contributed by atoms with Crippen molar-refractivity contribution in [2.75, 3.05) is 5.73 Å². The van der Waals surface area contributed by atoms with Gasteiger partial charge in [0.05, 0.1) is 18.5 Å². The molecule has 2 aromatic rings. The molecule has 4 heteroatoms. The summed E-state index contributed by atoms with van der Waals surface area (Å²) < 4.78 is 0. The fourth-order valence-electron chi connectivity index (χ4n) is 1.45. The number of fused-ring (bicyclic) bond motifs is 1. The molecule has 0 radical (unpaired) electrons. The predicted octanol–water partition coefficient (Wildman–Crippen LogP) is 1.01. The number of phenolic OH excluding ortho intramolecular Hbond substituents is 1. The molecule has 0 bridgehead atoms. The Morgan fingerprint density at radius 2 is 2.14 bits per heavy atom. The minimum Gasteiger partial charge on any atom is -0.506 e. The van der Waals surface area contributed by atoms with Crippen LogP contribution in [0.5, 0.6) is 5.75 Å². The van der Waals surface area contributed by atoms with Crippen LogP contribution in [0.25, 0.3) is 10.9 Å². The fourth-order valence-corrected chi connectivity index (χ4v) is 1.45. The van der Waals surface area contributed by atoms with Gasteiger partial charge in [-0.3, -0.25) is 4.98 Å². The number of hydrogen-bond donors (Lipinski definition) is 3. The summed E-state index contributed by atoms with van der Waals surface area (Å²) in [6.45, 7) is -0.158. The number of para-hydroxylation sites is 1. The van der Waals surface area contributed by atoms with Crippen molar-refractivity contribution < 1.29 is 10.2 Å². The fraction of sp³-hybridized carbons (Fsp3) is 0.100. The molecular formula is C10H10N2O2. The number of phenols is 1. The number of aliphatic hydroxyl groups excluding tert-OH is 1. The van der Waals surface area contributed by atoms with Gasteiger partial charge >= 0.3 is 0 Å². The van der Waals surface area contributed by atoms with Crippen LogP contribution in [0.1, 0.15) is 5.56 Å². The molecule has 0 fully saturated rings. The molecule has 0 saturated heterocycles. The second-order valence-electron chi connectivity index (χ2n) is 3.02. The summed E-state index contributed by atoms with van der Waals surface area (Å²) in [6, 6.07) is 5.01. The molecule has 0 aliphatic carbocycles. The molecule has 4 N–H and O–H groups in total. The van der Waals surface area contributed by atoms with E-state index >= 15 is 0 Å². The van der Waals surface area contributed by atoms with Crippen LogP contribution in [0.2, 0.25) is 0 Å². The van der Waals surface area contributed by atoms with Crippen LogP contribution in [0.4, 0.5) is 5.69 Å². The van der Waals surface area contributed by atoms with Gasteiger partial charge in [-0.25, -0.2) is 0 Å². The van der Waals surface area contributed by atoms with Gasteiger partial charge < -0.3 is 15.9 Å². The van der Waals surface area contributed by atoms with E-state index in [1.807, 2.05) is 0 Å². The highest BCUT2D eigenvalue weighted by atomic mass is 16.3. The number of benzene rings is 1. The molecular weight excluding hydrogens is 180 g/mol. The number of anilines is 1. The first kappa shape index (κ1) is 8.77. The topological polar surface area (TPSA) is 79.4 Å². The summed E-state index contributed by atoms with van der Waals surface area (Å²) >= 11 is 0. The predicted molar refractivity (Wildman–Crippen MR) is 53.7 cm³/mol. The summed E-state index contributed by atoms with van der Waals surface area (Å²) in [7, 11) is 0. The molecule has 0 saturated carbocycles. The maximum Gasteiger partial charge on any atom is 0.141 e. The number of nitrogen functional groups attached to an aromatic ring is 1. The van der Waals surface area contributed by atoms with E-state index in [9.17, 15) is 5.11 Å². The van der Waals surface area contributed by atoms with Gasteiger partial charge in [-0.15, -0.1) is 0 Å². The van der Waals surface area contributed by atoms with E-state index in [4.69, 9.17) is 10.8 Å². The Hall–Kier alpha value is -1.81. The number of hydrogen-bond acceptors (Lipinski definition) is 4. The van der Waals surface area contributed by atoms with E-state index < -0.39 is 0 Å². The molecule has 4 nitrogen and oxygen atoms in total. The summed E-state index contributed by atoms with van der Waals surface area (Å²) in [5.74, 6) is 0.0946. The minimum absolute atomic E-state index is 0.0946. The van der Waals surface area contributed by atoms with Crippen molar-refractivity contribution in [3.8, 4) is 5.75 Å². The Kier molecular flexibility index (Phi) is 1.98. The van der Waals surface area contributed by atoms with Crippen LogP contribution in [-0.2, 0) is 6.61 Å². The lowest BCUT2D eigenvalue weighted by atomic mass is 10.1. The Labute approximate surface area is 80.6 Å². The van der Waals surface area contributed by atoms with Crippen LogP contribution in [0.15, 0.2) is 24.4 Å². The summed E-state index contributed by atoms with van der Waals surface area (Å²) in [4.78, 5) is 4.00.